The van der Waals surface area contributed by atoms with E-state index in [0.717, 1.165) is 16.7 Å². The molecule has 0 saturated carbocycles. The summed E-state index contributed by atoms with van der Waals surface area (Å²) in [7, 11) is 0. The zero-order valence-electron chi connectivity index (χ0n) is 12.5. The molecular weight excluding hydrogens is 292 g/mol. The summed E-state index contributed by atoms with van der Waals surface area (Å²) in [5.41, 5.74) is 2.26. The van der Waals surface area contributed by atoms with E-state index in [9.17, 15) is 4.79 Å². The van der Waals surface area contributed by atoms with Crippen molar-refractivity contribution in [2.24, 2.45) is 0 Å². The van der Waals surface area contributed by atoms with Crippen LogP contribution in [0.1, 0.15) is 11.4 Å². The lowest BCUT2D eigenvalue weighted by molar-refractivity contribution is 0.296. The van der Waals surface area contributed by atoms with Crippen LogP contribution in [0, 0.1) is 6.92 Å². The summed E-state index contributed by atoms with van der Waals surface area (Å²) >= 11 is 0. The van der Waals surface area contributed by atoms with E-state index in [1.165, 1.54) is 0 Å². The summed E-state index contributed by atoms with van der Waals surface area (Å²) in [6, 6.07) is 15.2. The molecule has 0 aliphatic rings. The Labute approximate surface area is 131 Å². The average molecular weight is 306 g/mol. The van der Waals surface area contributed by atoms with Gasteiger partial charge in [-0.25, -0.2) is 4.98 Å². The predicted octanol–water partition coefficient (Wildman–Crippen LogP) is 3.56. The minimum absolute atomic E-state index is 0.188. The van der Waals surface area contributed by atoms with Crippen LogP contribution in [0.5, 0.6) is 5.75 Å². The molecule has 2 aromatic carbocycles. The van der Waals surface area contributed by atoms with Gasteiger partial charge < -0.3 is 14.1 Å². The number of nitrogens with zero attached hydrogens (tertiary/aromatic N) is 1. The van der Waals surface area contributed by atoms with Gasteiger partial charge >= 0.3 is 0 Å². The summed E-state index contributed by atoms with van der Waals surface area (Å²) in [5.74, 6) is 1.19. The molecule has 0 fully saturated rings. The van der Waals surface area contributed by atoms with Crippen molar-refractivity contribution in [2.75, 3.05) is 0 Å². The summed E-state index contributed by atoms with van der Waals surface area (Å²) in [6.45, 7) is 2.18. The van der Waals surface area contributed by atoms with Crippen LogP contribution in [-0.4, -0.2) is 9.97 Å². The van der Waals surface area contributed by atoms with E-state index < -0.39 is 0 Å². The van der Waals surface area contributed by atoms with Gasteiger partial charge in [-0.05, 0) is 31.2 Å². The van der Waals surface area contributed by atoms with E-state index in [4.69, 9.17) is 9.15 Å². The van der Waals surface area contributed by atoms with E-state index in [1.807, 2.05) is 55.5 Å². The molecule has 0 unspecified atom stereocenters. The molecule has 4 aromatic rings. The topological polar surface area (TPSA) is 68.1 Å². The fourth-order valence-corrected chi connectivity index (χ4v) is 2.55. The first-order valence-electron chi connectivity index (χ1n) is 7.30. The average Bonchev–Trinajstić information content (AvgIpc) is 2.93. The zero-order chi connectivity index (χ0) is 15.8. The van der Waals surface area contributed by atoms with E-state index in [1.54, 1.807) is 0 Å². The van der Waals surface area contributed by atoms with Gasteiger partial charge in [0.15, 0.2) is 0 Å². The van der Waals surface area contributed by atoms with Crippen molar-refractivity contribution >= 4 is 22.1 Å². The summed E-state index contributed by atoms with van der Waals surface area (Å²) < 4.78 is 11.3. The van der Waals surface area contributed by atoms with Crippen molar-refractivity contribution in [3.8, 4) is 5.75 Å². The molecule has 1 N–H and O–H groups in total. The number of aromatic nitrogens is 2. The lowest BCUT2D eigenvalue weighted by Gasteiger charge is -2.05. The zero-order valence-corrected chi connectivity index (χ0v) is 12.5. The van der Waals surface area contributed by atoms with Crippen molar-refractivity contribution in [3.05, 3.63) is 70.3 Å². The van der Waals surface area contributed by atoms with Gasteiger partial charge in [0.2, 0.25) is 5.58 Å². The number of aryl methyl sites for hydroxylation is 1. The maximum Gasteiger partial charge on any atom is 0.294 e. The van der Waals surface area contributed by atoms with Crippen LogP contribution in [0.25, 0.3) is 22.1 Å². The molecule has 0 bridgehead atoms. The third kappa shape index (κ3) is 2.46. The van der Waals surface area contributed by atoms with Gasteiger partial charge in [0.05, 0.1) is 0 Å². The molecule has 0 aliphatic carbocycles. The number of H-pyrrole nitrogens is 1. The van der Waals surface area contributed by atoms with Crippen molar-refractivity contribution in [1.29, 1.82) is 0 Å². The number of rotatable bonds is 3. The maximum atomic E-state index is 12.2. The first-order chi connectivity index (χ1) is 11.2. The number of para-hydroxylation sites is 1. The molecule has 0 aliphatic heterocycles. The molecular formula is C18H14N2O3. The third-order valence-electron chi connectivity index (χ3n) is 3.65. The molecule has 0 radical (unpaired) electrons. The number of fused-ring (bicyclic) bond motifs is 3. The normalized spacial score (nSPS) is 11.2. The van der Waals surface area contributed by atoms with E-state index in [2.05, 4.69) is 9.97 Å². The van der Waals surface area contributed by atoms with Crippen LogP contribution in [0.15, 0.2) is 57.7 Å². The minimum Gasteiger partial charge on any atom is -0.486 e. The molecule has 0 spiro atoms. The first kappa shape index (κ1) is 13.6. The second kappa shape index (κ2) is 5.28. The van der Waals surface area contributed by atoms with Gasteiger partial charge in [0.25, 0.3) is 5.56 Å². The van der Waals surface area contributed by atoms with Crippen LogP contribution < -0.4 is 10.3 Å². The number of furan rings is 1. The molecule has 2 heterocycles. The van der Waals surface area contributed by atoms with Gasteiger partial charge in [-0.3, -0.25) is 4.79 Å². The third-order valence-corrected chi connectivity index (χ3v) is 3.65. The van der Waals surface area contributed by atoms with Crippen LogP contribution in [-0.2, 0) is 6.61 Å². The lowest BCUT2D eigenvalue weighted by atomic mass is 10.2. The Balaban J connectivity index is 1.77. The lowest BCUT2D eigenvalue weighted by Crippen LogP contribution is -2.12. The van der Waals surface area contributed by atoms with Crippen molar-refractivity contribution in [3.63, 3.8) is 0 Å². The SMILES string of the molecule is Cc1ccc2oc3c(=O)[nH]c(COc4ccccc4)nc3c2c1. The van der Waals surface area contributed by atoms with E-state index >= 15 is 0 Å². The quantitative estimate of drug-likeness (QED) is 0.628. The first-order valence-corrected chi connectivity index (χ1v) is 7.30. The summed E-state index contributed by atoms with van der Waals surface area (Å²) in [6.07, 6.45) is 0. The van der Waals surface area contributed by atoms with Crippen LogP contribution in [0.2, 0.25) is 0 Å². The number of hydrogen-bond acceptors (Lipinski definition) is 4. The summed E-state index contributed by atoms with van der Waals surface area (Å²) in [4.78, 5) is 19.4. The van der Waals surface area contributed by atoms with Crippen molar-refractivity contribution < 1.29 is 9.15 Å². The summed E-state index contributed by atoms with van der Waals surface area (Å²) in [5, 5.41) is 0.840. The molecule has 114 valence electrons. The van der Waals surface area contributed by atoms with Crippen LogP contribution in [0.4, 0.5) is 0 Å². The van der Waals surface area contributed by atoms with Gasteiger partial charge in [0, 0.05) is 5.39 Å². The molecule has 23 heavy (non-hydrogen) atoms. The van der Waals surface area contributed by atoms with Crippen molar-refractivity contribution in [1.82, 2.24) is 9.97 Å². The second-order valence-corrected chi connectivity index (χ2v) is 5.39. The van der Waals surface area contributed by atoms with Gasteiger partial charge in [-0.1, -0.05) is 29.8 Å². The number of benzene rings is 2. The Morgan fingerprint density at radius 3 is 2.83 bits per heavy atom. The molecule has 0 amide bonds. The predicted molar refractivity (Wildman–Crippen MR) is 87.6 cm³/mol. The van der Waals surface area contributed by atoms with Gasteiger partial charge in [0.1, 0.15) is 29.3 Å². The number of aromatic amines is 1. The Morgan fingerprint density at radius 1 is 1.17 bits per heavy atom. The minimum atomic E-state index is -0.296. The molecule has 0 saturated heterocycles. The molecule has 0 atom stereocenters. The Kier molecular flexibility index (Phi) is 3.12. The highest BCUT2D eigenvalue weighted by molar-refractivity contribution is 6.02. The highest BCUT2D eigenvalue weighted by Crippen LogP contribution is 2.25. The standard InChI is InChI=1S/C18H14N2O3/c1-11-7-8-14-13(9-11)16-17(23-14)18(21)20-15(19-16)10-22-12-5-3-2-4-6-12/h2-9H,10H2,1H3,(H,19,20,21). The fourth-order valence-electron chi connectivity index (χ4n) is 2.55. The highest BCUT2D eigenvalue weighted by Gasteiger charge is 2.13. The van der Waals surface area contributed by atoms with Crippen LogP contribution in [0.3, 0.4) is 0 Å². The molecule has 4 rings (SSSR count). The van der Waals surface area contributed by atoms with Crippen LogP contribution >= 0.6 is 0 Å². The second-order valence-electron chi connectivity index (χ2n) is 5.39. The van der Waals surface area contributed by atoms with E-state index in [0.29, 0.717) is 16.9 Å². The maximum absolute atomic E-state index is 12.2. The smallest absolute Gasteiger partial charge is 0.294 e. The highest BCUT2D eigenvalue weighted by atomic mass is 16.5. The largest absolute Gasteiger partial charge is 0.486 e. The monoisotopic (exact) mass is 306 g/mol. The fraction of sp³-hybridized carbons (Fsp3) is 0.111. The van der Waals surface area contributed by atoms with E-state index in [-0.39, 0.29) is 17.7 Å². The molecule has 5 heteroatoms. The molecule has 5 nitrogen and oxygen atoms in total. The number of nitrogens with one attached hydrogen (secondary N) is 1. The Morgan fingerprint density at radius 2 is 2.00 bits per heavy atom. The Hall–Kier alpha value is -3.08. The van der Waals surface area contributed by atoms with Gasteiger partial charge in [-0.2, -0.15) is 0 Å². The van der Waals surface area contributed by atoms with Gasteiger partial charge in [-0.15, -0.1) is 0 Å². The number of hydrogen-bond donors (Lipinski definition) is 1. The number of ether oxygens (including phenoxy) is 1. The van der Waals surface area contributed by atoms with Crippen molar-refractivity contribution in [2.45, 2.75) is 13.5 Å². The Bertz CT molecular complexity index is 1050. The molecule has 2 aromatic heterocycles.